The Morgan fingerprint density at radius 1 is 0.680 bits per heavy atom. The van der Waals surface area contributed by atoms with Gasteiger partial charge in [-0.2, -0.15) is 0 Å². The summed E-state index contributed by atoms with van der Waals surface area (Å²) in [6, 6.07) is 4.80. The Kier molecular flexibility index (Phi) is 12.1. The fourth-order valence-electron chi connectivity index (χ4n) is 2.68. The minimum absolute atomic E-state index is 0.137. The standard InChI is InChI=1S/C23H34O2/c1-2-3-4-5-6-7-8-9-10-11-12-13-14-15-16-17-21-18-22(24)20-23(25)19-21/h6-7,9-10,12-13,18-20,24-25H,2-5,8,11,14-17H2,1H3. The smallest absolute Gasteiger partial charge is 0.119 e. The summed E-state index contributed by atoms with van der Waals surface area (Å²) in [6.45, 7) is 2.24. The van der Waals surface area contributed by atoms with Crippen molar-refractivity contribution >= 4 is 0 Å². The maximum absolute atomic E-state index is 9.44. The monoisotopic (exact) mass is 342 g/mol. The fourth-order valence-corrected chi connectivity index (χ4v) is 2.68. The second kappa shape index (κ2) is 14.4. The van der Waals surface area contributed by atoms with Gasteiger partial charge in [0.05, 0.1) is 0 Å². The van der Waals surface area contributed by atoms with Crippen LogP contribution in [0.2, 0.25) is 0 Å². The van der Waals surface area contributed by atoms with Crippen molar-refractivity contribution in [3.63, 3.8) is 0 Å². The van der Waals surface area contributed by atoms with E-state index in [1.54, 1.807) is 12.1 Å². The summed E-state index contributed by atoms with van der Waals surface area (Å²) < 4.78 is 0. The lowest BCUT2D eigenvalue weighted by molar-refractivity contribution is 0.449. The zero-order chi connectivity index (χ0) is 18.2. The van der Waals surface area contributed by atoms with Gasteiger partial charge < -0.3 is 10.2 Å². The summed E-state index contributed by atoms with van der Waals surface area (Å²) in [5.74, 6) is 0.273. The number of phenolic OH excluding ortho intramolecular Hbond substituents is 2. The van der Waals surface area contributed by atoms with Crippen molar-refractivity contribution in [1.82, 2.24) is 0 Å². The zero-order valence-corrected chi connectivity index (χ0v) is 15.7. The molecule has 0 spiro atoms. The predicted molar refractivity (Wildman–Crippen MR) is 108 cm³/mol. The number of hydrogen-bond donors (Lipinski definition) is 2. The van der Waals surface area contributed by atoms with E-state index in [0.29, 0.717) is 0 Å². The molecule has 0 radical (unpaired) electrons. The number of hydrogen-bond acceptors (Lipinski definition) is 2. The molecule has 2 heteroatoms. The molecule has 2 nitrogen and oxygen atoms in total. The average molecular weight is 343 g/mol. The third-order valence-electron chi connectivity index (χ3n) is 4.07. The Bertz CT molecular complexity index is 521. The molecule has 138 valence electrons. The van der Waals surface area contributed by atoms with Crippen LogP contribution in [0.3, 0.4) is 0 Å². The molecular formula is C23H34O2. The Labute approximate surface area is 153 Å². The third-order valence-corrected chi connectivity index (χ3v) is 4.07. The quantitative estimate of drug-likeness (QED) is 0.304. The molecule has 25 heavy (non-hydrogen) atoms. The highest BCUT2D eigenvalue weighted by atomic mass is 16.3. The largest absolute Gasteiger partial charge is 0.508 e. The van der Waals surface area contributed by atoms with E-state index in [1.807, 2.05) is 0 Å². The van der Waals surface area contributed by atoms with Gasteiger partial charge in [-0.1, -0.05) is 56.2 Å². The lowest BCUT2D eigenvalue weighted by Crippen LogP contribution is -1.85. The van der Waals surface area contributed by atoms with Crippen LogP contribution in [0, 0.1) is 0 Å². The first-order valence-corrected chi connectivity index (χ1v) is 9.69. The molecule has 0 heterocycles. The minimum Gasteiger partial charge on any atom is -0.508 e. The summed E-state index contributed by atoms with van der Waals surface area (Å²) >= 11 is 0. The van der Waals surface area contributed by atoms with Gasteiger partial charge in [0.15, 0.2) is 0 Å². The van der Waals surface area contributed by atoms with E-state index in [-0.39, 0.29) is 11.5 Å². The minimum atomic E-state index is 0.137. The maximum atomic E-state index is 9.44. The van der Waals surface area contributed by atoms with Crippen LogP contribution >= 0.6 is 0 Å². The molecular weight excluding hydrogens is 308 g/mol. The molecule has 1 aromatic rings. The molecule has 0 fully saturated rings. The van der Waals surface area contributed by atoms with E-state index in [0.717, 1.165) is 44.1 Å². The van der Waals surface area contributed by atoms with Crippen LogP contribution in [0.4, 0.5) is 0 Å². The number of aryl methyl sites for hydroxylation is 1. The zero-order valence-electron chi connectivity index (χ0n) is 15.7. The van der Waals surface area contributed by atoms with Crippen LogP contribution in [-0.4, -0.2) is 10.2 Å². The Morgan fingerprint density at radius 2 is 1.20 bits per heavy atom. The van der Waals surface area contributed by atoms with Gasteiger partial charge in [0.2, 0.25) is 0 Å². The van der Waals surface area contributed by atoms with Gasteiger partial charge in [0.1, 0.15) is 11.5 Å². The van der Waals surface area contributed by atoms with Crippen molar-refractivity contribution < 1.29 is 10.2 Å². The van der Waals surface area contributed by atoms with E-state index in [9.17, 15) is 10.2 Å². The molecule has 0 saturated carbocycles. The molecule has 0 unspecified atom stereocenters. The highest BCUT2D eigenvalue weighted by Crippen LogP contribution is 2.21. The Balaban J connectivity index is 2.00. The van der Waals surface area contributed by atoms with Crippen LogP contribution in [0.1, 0.15) is 70.3 Å². The number of aromatic hydroxyl groups is 2. The molecule has 0 amide bonds. The van der Waals surface area contributed by atoms with Crippen LogP contribution in [0.15, 0.2) is 54.7 Å². The lowest BCUT2D eigenvalue weighted by Gasteiger charge is -2.02. The fraction of sp³-hybridized carbons (Fsp3) is 0.478. The van der Waals surface area contributed by atoms with Gasteiger partial charge >= 0.3 is 0 Å². The second-order valence-corrected chi connectivity index (χ2v) is 6.48. The van der Waals surface area contributed by atoms with Crippen molar-refractivity contribution in [2.75, 3.05) is 0 Å². The van der Waals surface area contributed by atoms with Crippen LogP contribution in [0.5, 0.6) is 11.5 Å². The molecule has 1 aromatic carbocycles. The van der Waals surface area contributed by atoms with Gasteiger partial charge in [-0.05, 0) is 69.1 Å². The SMILES string of the molecule is CCCCCC=CCC=CCC=CCCCCc1cc(O)cc(O)c1. The molecule has 0 saturated heterocycles. The van der Waals surface area contributed by atoms with Crippen molar-refractivity contribution in [3.05, 3.63) is 60.2 Å². The summed E-state index contributed by atoms with van der Waals surface area (Å²) in [6.07, 6.45) is 24.8. The van der Waals surface area contributed by atoms with Crippen LogP contribution < -0.4 is 0 Å². The average Bonchev–Trinajstić information content (AvgIpc) is 2.57. The Morgan fingerprint density at radius 3 is 1.76 bits per heavy atom. The Hall–Kier alpha value is -1.96. The number of allylic oxidation sites excluding steroid dienone is 6. The van der Waals surface area contributed by atoms with E-state index >= 15 is 0 Å². The van der Waals surface area contributed by atoms with Gasteiger partial charge in [-0.3, -0.25) is 0 Å². The second-order valence-electron chi connectivity index (χ2n) is 6.48. The van der Waals surface area contributed by atoms with Gasteiger partial charge in [-0.15, -0.1) is 0 Å². The number of rotatable bonds is 13. The molecule has 1 rings (SSSR count). The topological polar surface area (TPSA) is 40.5 Å². The van der Waals surface area contributed by atoms with Crippen molar-refractivity contribution in [2.45, 2.75) is 71.1 Å². The summed E-state index contributed by atoms with van der Waals surface area (Å²) in [7, 11) is 0. The predicted octanol–water partition coefficient (Wildman–Crippen LogP) is 6.84. The van der Waals surface area contributed by atoms with Gasteiger partial charge in [0, 0.05) is 6.07 Å². The molecule has 0 aliphatic carbocycles. The van der Waals surface area contributed by atoms with Crippen molar-refractivity contribution in [2.24, 2.45) is 0 Å². The van der Waals surface area contributed by atoms with Crippen molar-refractivity contribution in [1.29, 1.82) is 0 Å². The summed E-state index contributed by atoms with van der Waals surface area (Å²) in [5.41, 5.74) is 0.993. The van der Waals surface area contributed by atoms with E-state index in [1.165, 1.54) is 31.7 Å². The lowest BCUT2D eigenvalue weighted by atomic mass is 10.1. The summed E-state index contributed by atoms with van der Waals surface area (Å²) in [5, 5.41) is 18.9. The first-order valence-electron chi connectivity index (χ1n) is 9.69. The highest BCUT2D eigenvalue weighted by molar-refractivity contribution is 5.36. The number of unbranched alkanes of at least 4 members (excludes halogenated alkanes) is 5. The first kappa shape index (κ1) is 21.1. The summed E-state index contributed by atoms with van der Waals surface area (Å²) in [4.78, 5) is 0. The van der Waals surface area contributed by atoms with Crippen LogP contribution in [0.25, 0.3) is 0 Å². The van der Waals surface area contributed by atoms with E-state index < -0.39 is 0 Å². The molecule has 2 N–H and O–H groups in total. The maximum Gasteiger partial charge on any atom is 0.119 e. The van der Waals surface area contributed by atoms with E-state index in [4.69, 9.17) is 0 Å². The molecule has 0 atom stereocenters. The van der Waals surface area contributed by atoms with E-state index in [2.05, 4.69) is 43.4 Å². The molecule has 0 bridgehead atoms. The molecule has 0 aliphatic rings. The number of phenols is 2. The van der Waals surface area contributed by atoms with Crippen molar-refractivity contribution in [3.8, 4) is 11.5 Å². The normalized spacial score (nSPS) is 12.0. The third kappa shape index (κ3) is 12.1. The molecule has 0 aromatic heterocycles. The molecule has 0 aliphatic heterocycles. The van der Waals surface area contributed by atoms with Gasteiger partial charge in [-0.25, -0.2) is 0 Å². The number of benzene rings is 1. The van der Waals surface area contributed by atoms with Crippen LogP contribution in [-0.2, 0) is 6.42 Å². The highest BCUT2D eigenvalue weighted by Gasteiger charge is 1.98. The van der Waals surface area contributed by atoms with Gasteiger partial charge in [0.25, 0.3) is 0 Å². The first-order chi connectivity index (χ1) is 12.2.